The van der Waals surface area contributed by atoms with Crippen molar-refractivity contribution >= 4 is 54.1 Å². The number of benzene rings is 7. The van der Waals surface area contributed by atoms with E-state index in [0.717, 1.165) is 33.1 Å². The van der Waals surface area contributed by atoms with Crippen molar-refractivity contribution in [3.8, 4) is 33.5 Å². The molecule has 0 atom stereocenters. The van der Waals surface area contributed by atoms with Crippen molar-refractivity contribution in [2.45, 2.75) is 19.3 Å². The standard InChI is InChI=1S/C45H30N2/c1-45(2)41-35-18-7-5-16-33(35)37(26-38(41)40-34-17-6-3-14-31(34)32-15-4-8-19-36(32)42(40)45)29-11-9-12-30(25-29)39-23-22-28-21-20-27-13-10-24-46-43(27)44(28)47-39/h3-26H,1-2H3. The summed E-state index contributed by atoms with van der Waals surface area (Å²) in [5, 5.41) is 10.1. The Hall–Kier alpha value is -5.86. The van der Waals surface area contributed by atoms with Crippen LogP contribution in [0.3, 0.4) is 0 Å². The van der Waals surface area contributed by atoms with E-state index >= 15 is 0 Å². The van der Waals surface area contributed by atoms with E-state index in [9.17, 15) is 0 Å². The molecule has 10 rings (SSSR count). The lowest BCUT2D eigenvalue weighted by Crippen LogP contribution is -2.16. The number of nitrogens with zero attached hydrogens (tertiary/aromatic N) is 2. The van der Waals surface area contributed by atoms with Gasteiger partial charge in [-0.15, -0.1) is 0 Å². The first-order chi connectivity index (χ1) is 23.1. The third-order valence-electron chi connectivity index (χ3n) is 10.4. The molecule has 2 heteroatoms. The zero-order valence-electron chi connectivity index (χ0n) is 26.3. The van der Waals surface area contributed by atoms with Gasteiger partial charge >= 0.3 is 0 Å². The third-order valence-corrected chi connectivity index (χ3v) is 10.4. The Bertz CT molecular complexity index is 2770. The Morgan fingerprint density at radius 1 is 0.447 bits per heavy atom. The molecule has 2 nitrogen and oxygen atoms in total. The quantitative estimate of drug-likeness (QED) is 0.185. The molecular weight excluding hydrogens is 569 g/mol. The molecule has 0 bridgehead atoms. The first kappa shape index (κ1) is 26.4. The van der Waals surface area contributed by atoms with E-state index in [2.05, 4.69) is 152 Å². The lowest BCUT2D eigenvalue weighted by Gasteiger charge is -2.25. The largest absolute Gasteiger partial charge is 0.254 e. The van der Waals surface area contributed by atoms with Crippen LogP contribution in [-0.2, 0) is 5.41 Å². The molecule has 0 saturated heterocycles. The van der Waals surface area contributed by atoms with Crippen LogP contribution >= 0.6 is 0 Å². The normalized spacial score (nSPS) is 13.5. The van der Waals surface area contributed by atoms with Crippen molar-refractivity contribution in [1.82, 2.24) is 9.97 Å². The van der Waals surface area contributed by atoms with Gasteiger partial charge in [0.25, 0.3) is 0 Å². The van der Waals surface area contributed by atoms with E-state index in [0.29, 0.717) is 0 Å². The minimum atomic E-state index is -0.167. The fourth-order valence-corrected chi connectivity index (χ4v) is 8.41. The van der Waals surface area contributed by atoms with Gasteiger partial charge in [-0.25, -0.2) is 4.98 Å². The van der Waals surface area contributed by atoms with Crippen LogP contribution in [0, 0.1) is 0 Å². The molecule has 0 fully saturated rings. The summed E-state index contributed by atoms with van der Waals surface area (Å²) in [5.74, 6) is 0. The maximum Gasteiger partial charge on any atom is 0.0972 e. The van der Waals surface area contributed by atoms with Gasteiger partial charge in [0.15, 0.2) is 0 Å². The molecule has 1 aliphatic carbocycles. The molecule has 0 unspecified atom stereocenters. The summed E-state index contributed by atoms with van der Waals surface area (Å²) >= 11 is 0. The van der Waals surface area contributed by atoms with Crippen LogP contribution in [0.1, 0.15) is 25.0 Å². The molecule has 7 aromatic carbocycles. The average molecular weight is 599 g/mol. The smallest absolute Gasteiger partial charge is 0.0972 e. The molecule has 0 N–H and O–H groups in total. The number of fused-ring (bicyclic) bond motifs is 13. The van der Waals surface area contributed by atoms with E-state index < -0.39 is 0 Å². The molecule has 2 heterocycles. The Kier molecular flexibility index (Phi) is 5.37. The summed E-state index contributed by atoms with van der Waals surface area (Å²) in [6.07, 6.45) is 1.85. The van der Waals surface area contributed by atoms with Crippen LogP contribution < -0.4 is 0 Å². The van der Waals surface area contributed by atoms with Gasteiger partial charge in [0.2, 0.25) is 0 Å². The molecule has 0 amide bonds. The first-order valence-electron chi connectivity index (χ1n) is 16.3. The minimum absolute atomic E-state index is 0.167. The fraction of sp³-hybridized carbons (Fsp3) is 0.0667. The summed E-state index contributed by atoms with van der Waals surface area (Å²) in [6.45, 7) is 4.82. The van der Waals surface area contributed by atoms with Crippen molar-refractivity contribution < 1.29 is 0 Å². The molecule has 2 aromatic heterocycles. The number of hydrogen-bond acceptors (Lipinski definition) is 2. The number of aromatic nitrogens is 2. The Morgan fingerprint density at radius 2 is 1.06 bits per heavy atom. The van der Waals surface area contributed by atoms with Crippen LogP contribution in [0.2, 0.25) is 0 Å². The summed E-state index contributed by atoms with van der Waals surface area (Å²) in [6, 6.07) is 50.9. The molecular formula is C45H30N2. The summed E-state index contributed by atoms with van der Waals surface area (Å²) < 4.78 is 0. The number of pyridine rings is 2. The SMILES string of the molecule is CC1(C)c2c(cc(-c3cccc(-c4ccc5ccc6cccnc6c5n4)c3)c3ccccc23)-c2c1c1ccccc1c1ccccc21. The monoisotopic (exact) mass is 598 g/mol. The topological polar surface area (TPSA) is 25.8 Å². The highest BCUT2D eigenvalue weighted by molar-refractivity contribution is 6.20. The lowest BCUT2D eigenvalue weighted by atomic mass is 9.77. The highest BCUT2D eigenvalue weighted by Gasteiger charge is 2.40. The van der Waals surface area contributed by atoms with Crippen LogP contribution in [0.5, 0.6) is 0 Å². The lowest BCUT2D eigenvalue weighted by molar-refractivity contribution is 0.672. The van der Waals surface area contributed by atoms with Gasteiger partial charge in [0.1, 0.15) is 0 Å². The average Bonchev–Trinajstić information content (AvgIpc) is 3.38. The van der Waals surface area contributed by atoms with Gasteiger partial charge in [-0.05, 0) is 90.0 Å². The van der Waals surface area contributed by atoms with Crippen LogP contribution in [0.4, 0.5) is 0 Å². The molecule has 0 radical (unpaired) electrons. The number of hydrogen-bond donors (Lipinski definition) is 0. The molecule has 0 saturated carbocycles. The predicted molar refractivity (Wildman–Crippen MR) is 198 cm³/mol. The maximum absolute atomic E-state index is 5.18. The van der Waals surface area contributed by atoms with Gasteiger partial charge in [0, 0.05) is 27.9 Å². The van der Waals surface area contributed by atoms with Gasteiger partial charge in [-0.3, -0.25) is 4.98 Å². The van der Waals surface area contributed by atoms with Crippen LogP contribution in [0.15, 0.2) is 146 Å². The van der Waals surface area contributed by atoms with Gasteiger partial charge < -0.3 is 0 Å². The van der Waals surface area contributed by atoms with Crippen molar-refractivity contribution in [2.24, 2.45) is 0 Å². The van der Waals surface area contributed by atoms with Gasteiger partial charge in [-0.1, -0.05) is 129 Å². The molecule has 0 aliphatic heterocycles. The molecule has 47 heavy (non-hydrogen) atoms. The van der Waals surface area contributed by atoms with Crippen LogP contribution in [0.25, 0.3) is 87.6 Å². The third kappa shape index (κ3) is 3.67. The highest BCUT2D eigenvalue weighted by Crippen LogP contribution is 2.57. The van der Waals surface area contributed by atoms with Gasteiger partial charge in [0.05, 0.1) is 16.7 Å². The molecule has 9 aromatic rings. The van der Waals surface area contributed by atoms with E-state index in [-0.39, 0.29) is 5.41 Å². The predicted octanol–water partition coefficient (Wildman–Crippen LogP) is 11.9. The van der Waals surface area contributed by atoms with Crippen molar-refractivity contribution in [2.75, 3.05) is 0 Å². The summed E-state index contributed by atoms with van der Waals surface area (Å²) in [5.41, 5.74) is 11.8. The maximum atomic E-state index is 5.18. The van der Waals surface area contributed by atoms with E-state index in [1.54, 1.807) is 0 Å². The Balaban J connectivity index is 1.24. The molecule has 1 aliphatic rings. The molecule has 220 valence electrons. The van der Waals surface area contributed by atoms with Gasteiger partial charge in [-0.2, -0.15) is 0 Å². The minimum Gasteiger partial charge on any atom is -0.254 e. The zero-order valence-corrected chi connectivity index (χ0v) is 26.3. The van der Waals surface area contributed by atoms with E-state index in [1.165, 1.54) is 65.7 Å². The first-order valence-corrected chi connectivity index (χ1v) is 16.3. The van der Waals surface area contributed by atoms with E-state index in [1.807, 2.05) is 12.3 Å². The van der Waals surface area contributed by atoms with Crippen molar-refractivity contribution in [1.29, 1.82) is 0 Å². The molecule has 0 spiro atoms. The zero-order chi connectivity index (χ0) is 31.3. The number of rotatable bonds is 2. The summed E-state index contributed by atoms with van der Waals surface area (Å²) in [4.78, 5) is 9.86. The Labute approximate surface area is 273 Å². The second kappa shape index (κ2) is 9.57. The van der Waals surface area contributed by atoms with Crippen molar-refractivity contribution in [3.63, 3.8) is 0 Å². The second-order valence-corrected chi connectivity index (χ2v) is 13.3. The second-order valence-electron chi connectivity index (χ2n) is 13.3. The Morgan fingerprint density at radius 3 is 1.85 bits per heavy atom. The van der Waals surface area contributed by atoms with Crippen LogP contribution in [-0.4, -0.2) is 9.97 Å². The summed E-state index contributed by atoms with van der Waals surface area (Å²) in [7, 11) is 0. The fourth-order valence-electron chi connectivity index (χ4n) is 8.41. The highest BCUT2D eigenvalue weighted by atomic mass is 14.7. The van der Waals surface area contributed by atoms with E-state index in [4.69, 9.17) is 4.98 Å². The van der Waals surface area contributed by atoms with Crippen molar-refractivity contribution in [3.05, 3.63) is 157 Å².